The molecule has 2 aliphatic carbocycles. The molecule has 0 heterocycles. The van der Waals surface area contributed by atoms with Crippen molar-refractivity contribution in [1.82, 2.24) is 4.90 Å². The Morgan fingerprint density at radius 2 is 1.79 bits per heavy atom. The van der Waals surface area contributed by atoms with E-state index in [2.05, 4.69) is 11.8 Å². The van der Waals surface area contributed by atoms with Crippen LogP contribution in [0.2, 0.25) is 0 Å². The van der Waals surface area contributed by atoms with Gasteiger partial charge in [0.25, 0.3) is 0 Å². The molecule has 0 saturated heterocycles. The van der Waals surface area contributed by atoms with Crippen LogP contribution in [0.3, 0.4) is 0 Å². The first-order valence-electron chi connectivity index (χ1n) is 8.21. The quantitative estimate of drug-likeness (QED) is 0.778. The molecule has 0 aliphatic heterocycles. The van der Waals surface area contributed by atoms with Gasteiger partial charge in [-0.15, -0.1) is 0 Å². The fourth-order valence-corrected chi connectivity index (χ4v) is 3.59. The van der Waals surface area contributed by atoms with E-state index < -0.39 is 0 Å². The summed E-state index contributed by atoms with van der Waals surface area (Å²) in [4.78, 5) is 15.1. The maximum Gasteiger partial charge on any atom is 0.230 e. The van der Waals surface area contributed by atoms with Gasteiger partial charge in [-0.3, -0.25) is 4.79 Å². The Labute approximate surface area is 117 Å². The highest BCUT2D eigenvalue weighted by Gasteiger charge is 2.40. The molecule has 0 spiro atoms. The zero-order valence-electron chi connectivity index (χ0n) is 12.5. The van der Waals surface area contributed by atoms with Gasteiger partial charge < -0.3 is 10.6 Å². The number of hydrogen-bond donors (Lipinski definition) is 1. The Hall–Kier alpha value is -0.570. The summed E-state index contributed by atoms with van der Waals surface area (Å²) in [5.74, 6) is 1.11. The van der Waals surface area contributed by atoms with Gasteiger partial charge in [0.05, 0.1) is 5.41 Å². The number of amides is 1. The van der Waals surface area contributed by atoms with Crippen molar-refractivity contribution >= 4 is 5.91 Å². The Kier molecular flexibility index (Phi) is 5.26. The second kappa shape index (κ2) is 6.74. The summed E-state index contributed by atoms with van der Waals surface area (Å²) < 4.78 is 0. The maximum atomic E-state index is 13.0. The molecule has 0 atom stereocenters. The maximum absolute atomic E-state index is 13.0. The molecule has 1 amide bonds. The van der Waals surface area contributed by atoms with E-state index in [0.717, 1.165) is 31.8 Å². The van der Waals surface area contributed by atoms with Gasteiger partial charge in [0, 0.05) is 19.6 Å². The van der Waals surface area contributed by atoms with Crippen molar-refractivity contribution < 1.29 is 4.79 Å². The molecule has 0 bridgehead atoms. The number of nitrogens with zero attached hydrogens (tertiary/aromatic N) is 1. The van der Waals surface area contributed by atoms with Gasteiger partial charge in [-0.1, -0.05) is 32.1 Å². The molecule has 2 aliphatic rings. The Morgan fingerprint density at radius 1 is 1.16 bits per heavy atom. The molecule has 2 rings (SSSR count). The molecule has 2 N–H and O–H groups in total. The smallest absolute Gasteiger partial charge is 0.230 e. The largest absolute Gasteiger partial charge is 0.342 e. The van der Waals surface area contributed by atoms with Gasteiger partial charge in [0.1, 0.15) is 0 Å². The van der Waals surface area contributed by atoms with E-state index in [1.807, 2.05) is 0 Å². The molecular weight excluding hydrogens is 236 g/mol. The van der Waals surface area contributed by atoms with Crippen molar-refractivity contribution in [2.24, 2.45) is 17.1 Å². The fourth-order valence-electron chi connectivity index (χ4n) is 3.59. The number of carbonyl (C=O) groups excluding carboxylic acids is 1. The van der Waals surface area contributed by atoms with Crippen LogP contribution < -0.4 is 5.73 Å². The van der Waals surface area contributed by atoms with Crippen LogP contribution in [0, 0.1) is 11.3 Å². The van der Waals surface area contributed by atoms with Gasteiger partial charge in [0.2, 0.25) is 5.91 Å². The second-order valence-electron chi connectivity index (χ2n) is 6.54. The van der Waals surface area contributed by atoms with Crippen LogP contribution in [-0.2, 0) is 4.79 Å². The van der Waals surface area contributed by atoms with E-state index in [1.165, 1.54) is 44.9 Å². The minimum absolute atomic E-state index is 0.240. The third kappa shape index (κ3) is 3.31. The number of rotatable bonds is 5. The number of nitrogens with two attached hydrogens (primary N) is 1. The lowest BCUT2D eigenvalue weighted by Crippen LogP contribution is -2.49. The van der Waals surface area contributed by atoms with Gasteiger partial charge in [-0.05, 0) is 38.5 Å². The highest BCUT2D eigenvalue weighted by molar-refractivity contribution is 5.83. The molecule has 0 unspecified atom stereocenters. The predicted octanol–water partition coefficient (Wildman–Crippen LogP) is 2.93. The van der Waals surface area contributed by atoms with Crippen LogP contribution in [0.4, 0.5) is 0 Å². The van der Waals surface area contributed by atoms with Gasteiger partial charge in [0.15, 0.2) is 0 Å². The lowest BCUT2D eigenvalue weighted by molar-refractivity contribution is -0.143. The van der Waals surface area contributed by atoms with Crippen molar-refractivity contribution in [3.63, 3.8) is 0 Å². The first-order chi connectivity index (χ1) is 9.22. The lowest BCUT2D eigenvalue weighted by atomic mass is 9.78. The molecule has 19 heavy (non-hydrogen) atoms. The normalized spacial score (nSPS) is 23.5. The van der Waals surface area contributed by atoms with Gasteiger partial charge in [-0.25, -0.2) is 0 Å². The molecule has 110 valence electrons. The number of carbonyl (C=O) groups is 1. The summed E-state index contributed by atoms with van der Waals surface area (Å²) in [6.45, 7) is 4.46. The minimum Gasteiger partial charge on any atom is -0.342 e. The second-order valence-corrected chi connectivity index (χ2v) is 6.54. The summed E-state index contributed by atoms with van der Waals surface area (Å²) in [7, 11) is 0. The van der Waals surface area contributed by atoms with Gasteiger partial charge in [-0.2, -0.15) is 0 Å². The standard InChI is InChI=1S/C16H30N2O/c1-2-18(12-14-8-7-9-14)15(19)16(13-17)10-5-3-4-6-11-16/h14H,2-13,17H2,1H3. The summed E-state index contributed by atoms with van der Waals surface area (Å²) in [6.07, 6.45) is 10.8. The monoisotopic (exact) mass is 266 g/mol. The van der Waals surface area contributed by atoms with Crippen molar-refractivity contribution in [3.8, 4) is 0 Å². The van der Waals surface area contributed by atoms with E-state index in [1.54, 1.807) is 0 Å². The Morgan fingerprint density at radius 3 is 2.21 bits per heavy atom. The third-order valence-electron chi connectivity index (χ3n) is 5.28. The van der Waals surface area contributed by atoms with Crippen LogP contribution in [0.15, 0.2) is 0 Å². The van der Waals surface area contributed by atoms with Crippen molar-refractivity contribution in [2.45, 2.75) is 64.7 Å². The zero-order chi connectivity index (χ0) is 13.7. The molecule has 0 aromatic heterocycles. The van der Waals surface area contributed by atoms with Gasteiger partial charge >= 0.3 is 0 Å². The molecule has 3 nitrogen and oxygen atoms in total. The average Bonchev–Trinajstić information content (AvgIpc) is 2.63. The van der Waals surface area contributed by atoms with E-state index in [0.29, 0.717) is 12.5 Å². The molecule has 2 saturated carbocycles. The van der Waals surface area contributed by atoms with Crippen LogP contribution >= 0.6 is 0 Å². The molecular formula is C16H30N2O. The fraction of sp³-hybridized carbons (Fsp3) is 0.938. The van der Waals surface area contributed by atoms with Crippen molar-refractivity contribution in [3.05, 3.63) is 0 Å². The average molecular weight is 266 g/mol. The first-order valence-corrected chi connectivity index (χ1v) is 8.21. The molecule has 0 aromatic carbocycles. The topological polar surface area (TPSA) is 46.3 Å². The van der Waals surface area contributed by atoms with E-state index in [9.17, 15) is 4.79 Å². The van der Waals surface area contributed by atoms with E-state index in [4.69, 9.17) is 5.73 Å². The highest BCUT2D eigenvalue weighted by Crippen LogP contribution is 2.37. The molecule has 3 heteroatoms. The van der Waals surface area contributed by atoms with Crippen molar-refractivity contribution in [1.29, 1.82) is 0 Å². The zero-order valence-corrected chi connectivity index (χ0v) is 12.5. The number of hydrogen-bond acceptors (Lipinski definition) is 2. The molecule has 0 radical (unpaired) electrons. The SMILES string of the molecule is CCN(CC1CCC1)C(=O)C1(CN)CCCCCC1. The van der Waals surface area contributed by atoms with Crippen LogP contribution in [0.1, 0.15) is 64.7 Å². The molecule has 0 aromatic rings. The van der Waals surface area contributed by atoms with Crippen molar-refractivity contribution in [2.75, 3.05) is 19.6 Å². The summed E-state index contributed by atoms with van der Waals surface area (Å²) in [5, 5.41) is 0. The van der Waals surface area contributed by atoms with E-state index >= 15 is 0 Å². The summed E-state index contributed by atoms with van der Waals surface area (Å²) in [6, 6.07) is 0. The minimum atomic E-state index is -0.240. The summed E-state index contributed by atoms with van der Waals surface area (Å²) >= 11 is 0. The molecule has 2 fully saturated rings. The van der Waals surface area contributed by atoms with Crippen LogP contribution in [-0.4, -0.2) is 30.4 Å². The first kappa shape index (κ1) is 14.8. The highest BCUT2D eigenvalue weighted by atomic mass is 16.2. The van der Waals surface area contributed by atoms with Crippen LogP contribution in [0.25, 0.3) is 0 Å². The predicted molar refractivity (Wildman–Crippen MR) is 78.8 cm³/mol. The lowest BCUT2D eigenvalue weighted by Gasteiger charge is -2.38. The summed E-state index contributed by atoms with van der Waals surface area (Å²) in [5.41, 5.74) is 5.79. The third-order valence-corrected chi connectivity index (χ3v) is 5.28. The van der Waals surface area contributed by atoms with E-state index in [-0.39, 0.29) is 5.41 Å². The Bertz CT molecular complexity index is 291. The Balaban J connectivity index is 2.03. The van der Waals surface area contributed by atoms with Crippen LogP contribution in [0.5, 0.6) is 0 Å².